The second-order valence-corrected chi connectivity index (χ2v) is 5.12. The SMILES string of the molecule is CCC1NC(=O)C(CC)N(C2CC(OC)C2)C1=O. The van der Waals surface area contributed by atoms with Gasteiger partial charge in [0, 0.05) is 13.2 Å². The first-order chi connectivity index (χ1) is 8.62. The standard InChI is InChI=1S/C13H22N2O3/c1-4-10-13(17)15(8-6-9(7-8)18-3)11(5-2)12(16)14-10/h8-11H,4-7H2,1-3H3,(H,14,16). The molecule has 0 spiro atoms. The number of carbonyl (C=O) groups excluding carboxylic acids is 2. The van der Waals surface area contributed by atoms with Gasteiger partial charge in [0.2, 0.25) is 11.8 Å². The molecule has 1 heterocycles. The quantitative estimate of drug-likeness (QED) is 0.802. The van der Waals surface area contributed by atoms with Gasteiger partial charge in [-0.2, -0.15) is 0 Å². The van der Waals surface area contributed by atoms with Crippen molar-refractivity contribution in [2.24, 2.45) is 0 Å². The molecule has 0 radical (unpaired) electrons. The zero-order chi connectivity index (χ0) is 13.3. The molecule has 5 nitrogen and oxygen atoms in total. The Hall–Kier alpha value is -1.10. The molecular formula is C13H22N2O3. The minimum atomic E-state index is -0.345. The van der Waals surface area contributed by atoms with Crippen LogP contribution in [0.2, 0.25) is 0 Å². The van der Waals surface area contributed by atoms with Crippen molar-refractivity contribution >= 4 is 11.8 Å². The first-order valence-electron chi connectivity index (χ1n) is 6.77. The Labute approximate surface area is 108 Å². The normalized spacial score (nSPS) is 36.3. The Bertz CT molecular complexity index is 339. The van der Waals surface area contributed by atoms with Crippen LogP contribution in [0.3, 0.4) is 0 Å². The molecule has 2 amide bonds. The number of nitrogens with one attached hydrogen (secondary N) is 1. The van der Waals surface area contributed by atoms with Gasteiger partial charge in [0.15, 0.2) is 0 Å². The molecule has 102 valence electrons. The summed E-state index contributed by atoms with van der Waals surface area (Å²) in [5.41, 5.74) is 0. The van der Waals surface area contributed by atoms with E-state index >= 15 is 0 Å². The van der Waals surface area contributed by atoms with E-state index < -0.39 is 0 Å². The van der Waals surface area contributed by atoms with Crippen molar-refractivity contribution in [2.45, 2.75) is 63.8 Å². The maximum Gasteiger partial charge on any atom is 0.246 e. The predicted octanol–water partition coefficient (Wildman–Crippen LogP) is 0.679. The highest BCUT2D eigenvalue weighted by Crippen LogP contribution is 2.32. The lowest BCUT2D eigenvalue weighted by molar-refractivity contribution is -0.158. The molecule has 0 aromatic heterocycles. The van der Waals surface area contributed by atoms with Crippen LogP contribution in [0.25, 0.3) is 0 Å². The average Bonchev–Trinajstić information content (AvgIpc) is 2.31. The number of methoxy groups -OCH3 is 1. The molecule has 1 N–H and O–H groups in total. The van der Waals surface area contributed by atoms with Crippen LogP contribution in [-0.4, -0.2) is 48.1 Å². The van der Waals surface area contributed by atoms with E-state index in [1.54, 1.807) is 7.11 Å². The maximum atomic E-state index is 12.4. The number of ether oxygens (including phenoxy) is 1. The Morgan fingerprint density at radius 1 is 1.28 bits per heavy atom. The highest BCUT2D eigenvalue weighted by Gasteiger charge is 2.46. The molecule has 2 aliphatic rings. The fraction of sp³-hybridized carbons (Fsp3) is 0.846. The summed E-state index contributed by atoms with van der Waals surface area (Å²) in [7, 11) is 1.69. The Kier molecular flexibility index (Phi) is 3.90. The molecule has 1 aliphatic carbocycles. The van der Waals surface area contributed by atoms with E-state index in [-0.39, 0.29) is 36.0 Å². The molecule has 5 heteroatoms. The summed E-state index contributed by atoms with van der Waals surface area (Å²) >= 11 is 0. The van der Waals surface area contributed by atoms with Gasteiger partial charge in [0.1, 0.15) is 12.1 Å². The topological polar surface area (TPSA) is 58.6 Å². The number of rotatable bonds is 4. The molecule has 2 rings (SSSR count). The van der Waals surface area contributed by atoms with Crippen LogP contribution in [0.15, 0.2) is 0 Å². The van der Waals surface area contributed by atoms with Crippen LogP contribution < -0.4 is 5.32 Å². The number of carbonyl (C=O) groups is 2. The number of piperazine rings is 1. The molecule has 18 heavy (non-hydrogen) atoms. The number of nitrogens with zero attached hydrogens (tertiary/aromatic N) is 1. The van der Waals surface area contributed by atoms with E-state index in [2.05, 4.69) is 5.32 Å². The lowest BCUT2D eigenvalue weighted by Gasteiger charge is -2.48. The van der Waals surface area contributed by atoms with Gasteiger partial charge in [-0.15, -0.1) is 0 Å². The Morgan fingerprint density at radius 2 is 1.94 bits per heavy atom. The minimum absolute atomic E-state index is 0.00943. The lowest BCUT2D eigenvalue weighted by atomic mass is 9.85. The highest BCUT2D eigenvalue weighted by atomic mass is 16.5. The van der Waals surface area contributed by atoms with Crippen molar-refractivity contribution in [1.29, 1.82) is 0 Å². The third-order valence-corrected chi connectivity index (χ3v) is 4.10. The molecule has 2 atom stereocenters. The van der Waals surface area contributed by atoms with Crippen molar-refractivity contribution in [3.63, 3.8) is 0 Å². The number of hydrogen-bond acceptors (Lipinski definition) is 3. The van der Waals surface area contributed by atoms with E-state index in [4.69, 9.17) is 4.74 Å². The van der Waals surface area contributed by atoms with Crippen molar-refractivity contribution in [3.8, 4) is 0 Å². The van der Waals surface area contributed by atoms with E-state index in [1.807, 2.05) is 18.7 Å². The molecule has 1 saturated heterocycles. The van der Waals surface area contributed by atoms with Gasteiger partial charge in [-0.1, -0.05) is 13.8 Å². The van der Waals surface area contributed by atoms with E-state index in [0.29, 0.717) is 12.8 Å². The van der Waals surface area contributed by atoms with Crippen LogP contribution in [0.4, 0.5) is 0 Å². The summed E-state index contributed by atoms with van der Waals surface area (Å²) in [4.78, 5) is 26.2. The summed E-state index contributed by atoms with van der Waals surface area (Å²) in [6.07, 6.45) is 3.26. The first kappa shape index (κ1) is 13.3. The monoisotopic (exact) mass is 254 g/mol. The fourth-order valence-electron chi connectivity index (χ4n) is 2.84. The molecule has 0 aromatic rings. The van der Waals surface area contributed by atoms with Crippen LogP contribution in [-0.2, 0) is 14.3 Å². The van der Waals surface area contributed by atoms with E-state index in [0.717, 1.165) is 12.8 Å². The molecule has 1 aliphatic heterocycles. The smallest absolute Gasteiger partial charge is 0.246 e. The summed E-state index contributed by atoms with van der Waals surface area (Å²) in [5, 5.41) is 2.81. The van der Waals surface area contributed by atoms with Crippen molar-refractivity contribution in [1.82, 2.24) is 10.2 Å². The number of amides is 2. The second-order valence-electron chi connectivity index (χ2n) is 5.12. The predicted molar refractivity (Wildman–Crippen MR) is 67.0 cm³/mol. The van der Waals surface area contributed by atoms with Crippen LogP contribution in [0.1, 0.15) is 39.5 Å². The van der Waals surface area contributed by atoms with Crippen LogP contribution in [0.5, 0.6) is 0 Å². The van der Waals surface area contributed by atoms with Crippen molar-refractivity contribution < 1.29 is 14.3 Å². The summed E-state index contributed by atoms with van der Waals surface area (Å²) in [5.74, 6) is 0.0633. The zero-order valence-electron chi connectivity index (χ0n) is 11.3. The van der Waals surface area contributed by atoms with Gasteiger partial charge in [-0.25, -0.2) is 0 Å². The maximum absolute atomic E-state index is 12.4. The average molecular weight is 254 g/mol. The first-order valence-corrected chi connectivity index (χ1v) is 6.77. The molecule has 2 unspecified atom stereocenters. The lowest BCUT2D eigenvalue weighted by Crippen LogP contribution is -2.67. The van der Waals surface area contributed by atoms with Gasteiger partial charge in [-0.05, 0) is 25.7 Å². The van der Waals surface area contributed by atoms with Crippen LogP contribution >= 0.6 is 0 Å². The molecule has 1 saturated carbocycles. The molecule has 0 aromatic carbocycles. The zero-order valence-corrected chi connectivity index (χ0v) is 11.3. The van der Waals surface area contributed by atoms with Gasteiger partial charge in [0.25, 0.3) is 0 Å². The third-order valence-electron chi connectivity index (χ3n) is 4.10. The molecule has 2 fully saturated rings. The van der Waals surface area contributed by atoms with Gasteiger partial charge < -0.3 is 15.0 Å². The van der Waals surface area contributed by atoms with Crippen molar-refractivity contribution in [3.05, 3.63) is 0 Å². The third kappa shape index (κ3) is 2.11. The summed E-state index contributed by atoms with van der Waals surface area (Å²) in [6.45, 7) is 3.87. The minimum Gasteiger partial charge on any atom is -0.381 e. The Morgan fingerprint density at radius 3 is 2.44 bits per heavy atom. The molecule has 0 bridgehead atoms. The van der Waals surface area contributed by atoms with E-state index in [1.165, 1.54) is 0 Å². The highest BCUT2D eigenvalue weighted by molar-refractivity contribution is 5.97. The fourth-order valence-corrected chi connectivity index (χ4v) is 2.84. The largest absolute Gasteiger partial charge is 0.381 e. The van der Waals surface area contributed by atoms with Gasteiger partial charge in [0.05, 0.1) is 6.10 Å². The Balaban J connectivity index is 2.12. The van der Waals surface area contributed by atoms with Gasteiger partial charge in [-0.3, -0.25) is 9.59 Å². The summed E-state index contributed by atoms with van der Waals surface area (Å²) < 4.78 is 5.25. The summed E-state index contributed by atoms with van der Waals surface area (Å²) in [6, 6.07) is -0.475. The second kappa shape index (κ2) is 5.26. The van der Waals surface area contributed by atoms with Crippen molar-refractivity contribution in [2.75, 3.05) is 7.11 Å². The number of hydrogen-bond donors (Lipinski definition) is 1. The van der Waals surface area contributed by atoms with Gasteiger partial charge >= 0.3 is 0 Å². The van der Waals surface area contributed by atoms with E-state index in [9.17, 15) is 9.59 Å². The van der Waals surface area contributed by atoms with Crippen LogP contribution in [0, 0.1) is 0 Å². The molecular weight excluding hydrogens is 232 g/mol.